The number of hydrogen-bond acceptors (Lipinski definition) is 7. The van der Waals surface area contributed by atoms with Crippen molar-refractivity contribution in [3.63, 3.8) is 0 Å². The number of ether oxygens (including phenoxy) is 2. The molecule has 0 N–H and O–H groups in total. The number of Topliss-reactive ketones (excluding diaryl/α,β-unsaturated/α-hetero) is 1. The van der Waals surface area contributed by atoms with Crippen LogP contribution in [0.1, 0.15) is 54.7 Å². The van der Waals surface area contributed by atoms with Gasteiger partial charge in [0, 0.05) is 67.2 Å². The first kappa shape index (κ1) is 25.4. The molecule has 0 spiro atoms. The van der Waals surface area contributed by atoms with Crippen LogP contribution in [0.5, 0.6) is 6.01 Å². The van der Waals surface area contributed by atoms with Crippen molar-refractivity contribution in [1.29, 1.82) is 0 Å². The van der Waals surface area contributed by atoms with Crippen LogP contribution in [0, 0.1) is 5.41 Å². The molecular weight excluding hydrogens is 484 g/mol. The summed E-state index contributed by atoms with van der Waals surface area (Å²) in [5.41, 5.74) is 3.86. The van der Waals surface area contributed by atoms with E-state index in [9.17, 15) is 18.4 Å². The van der Waals surface area contributed by atoms with Crippen LogP contribution in [0.25, 0.3) is 0 Å². The van der Waals surface area contributed by atoms with Crippen LogP contribution < -0.4 is 4.74 Å². The number of nitrogens with zero attached hydrogens (tertiary/aromatic N) is 5. The second-order valence-electron chi connectivity index (χ2n) is 10.3. The Morgan fingerprint density at radius 2 is 1.92 bits per heavy atom. The van der Waals surface area contributed by atoms with Gasteiger partial charge < -0.3 is 19.3 Å². The van der Waals surface area contributed by atoms with E-state index in [0.29, 0.717) is 38.4 Å². The van der Waals surface area contributed by atoms with Crippen LogP contribution in [0.3, 0.4) is 0 Å². The van der Waals surface area contributed by atoms with Crippen molar-refractivity contribution in [3.8, 4) is 6.01 Å². The number of hydrogen-bond donors (Lipinski definition) is 0. The summed E-state index contributed by atoms with van der Waals surface area (Å²) in [7, 11) is 0. The predicted octanol–water partition coefficient (Wildman–Crippen LogP) is 3.37. The lowest BCUT2D eigenvalue weighted by molar-refractivity contribution is -0.120. The van der Waals surface area contributed by atoms with Crippen molar-refractivity contribution in [3.05, 3.63) is 47.0 Å². The third-order valence-corrected chi connectivity index (χ3v) is 7.35. The molecule has 0 radical (unpaired) electrons. The van der Waals surface area contributed by atoms with Gasteiger partial charge in [-0.1, -0.05) is 6.07 Å². The lowest BCUT2D eigenvalue weighted by Crippen LogP contribution is -2.53. The Labute approximate surface area is 214 Å². The minimum absolute atomic E-state index is 0.0747. The quantitative estimate of drug-likeness (QED) is 0.479. The zero-order valence-corrected chi connectivity index (χ0v) is 20.9. The molecule has 0 saturated carbocycles. The first-order valence-electron chi connectivity index (χ1n) is 12.7. The van der Waals surface area contributed by atoms with Gasteiger partial charge in [0.15, 0.2) is 0 Å². The molecule has 37 heavy (non-hydrogen) atoms. The fourth-order valence-corrected chi connectivity index (χ4v) is 5.51. The van der Waals surface area contributed by atoms with Crippen LogP contribution in [0.4, 0.5) is 13.6 Å². The number of urea groups is 1. The SMILES string of the molecule is CC(=O)C[C@@H](c1cnc(OC(F)F)nc1)N1CCN(CC2(Cc3ccc4c(n3)CCCC4)COC2)C1=O. The van der Waals surface area contributed by atoms with Gasteiger partial charge in [-0.25, -0.2) is 14.8 Å². The van der Waals surface area contributed by atoms with Gasteiger partial charge in [0.1, 0.15) is 5.78 Å². The topological polar surface area (TPSA) is 97.8 Å². The summed E-state index contributed by atoms with van der Waals surface area (Å²) in [6.07, 6.45) is 7.96. The summed E-state index contributed by atoms with van der Waals surface area (Å²) in [4.78, 5) is 41.6. The van der Waals surface area contributed by atoms with Crippen LogP contribution >= 0.6 is 0 Å². The third kappa shape index (κ3) is 5.71. The molecule has 2 aromatic heterocycles. The summed E-state index contributed by atoms with van der Waals surface area (Å²) < 4.78 is 34.7. The summed E-state index contributed by atoms with van der Waals surface area (Å²) >= 11 is 0. The number of carbonyl (C=O) groups excluding carboxylic acids is 2. The predicted molar refractivity (Wildman–Crippen MR) is 128 cm³/mol. The van der Waals surface area contributed by atoms with Crippen molar-refractivity contribution in [2.24, 2.45) is 5.41 Å². The highest BCUT2D eigenvalue weighted by Gasteiger charge is 2.45. The number of rotatable bonds is 10. The molecule has 2 aliphatic heterocycles. The van der Waals surface area contributed by atoms with E-state index in [-0.39, 0.29) is 23.7 Å². The lowest BCUT2D eigenvalue weighted by atomic mass is 9.80. The molecule has 0 bridgehead atoms. The van der Waals surface area contributed by atoms with Gasteiger partial charge >= 0.3 is 18.7 Å². The van der Waals surface area contributed by atoms with Gasteiger partial charge in [0.05, 0.1) is 19.3 Å². The smallest absolute Gasteiger partial charge is 0.389 e. The number of aromatic nitrogens is 3. The highest BCUT2D eigenvalue weighted by atomic mass is 19.3. The molecule has 1 atom stereocenters. The molecule has 0 aromatic carbocycles. The highest BCUT2D eigenvalue weighted by molar-refractivity contribution is 5.80. The number of pyridine rings is 1. The number of ketones is 1. The highest BCUT2D eigenvalue weighted by Crippen LogP contribution is 2.36. The van der Waals surface area contributed by atoms with Crippen molar-refractivity contribution < 1.29 is 27.8 Å². The molecule has 5 rings (SSSR count). The van der Waals surface area contributed by atoms with E-state index in [1.165, 1.54) is 43.4 Å². The van der Waals surface area contributed by atoms with Crippen LogP contribution in [0.2, 0.25) is 0 Å². The van der Waals surface area contributed by atoms with Crippen molar-refractivity contribution in [1.82, 2.24) is 24.8 Å². The van der Waals surface area contributed by atoms with Gasteiger partial charge in [-0.15, -0.1) is 0 Å². The molecule has 2 saturated heterocycles. The molecule has 4 heterocycles. The van der Waals surface area contributed by atoms with Crippen molar-refractivity contribution in [2.45, 2.75) is 58.1 Å². The van der Waals surface area contributed by atoms with E-state index in [0.717, 1.165) is 25.0 Å². The van der Waals surface area contributed by atoms with Crippen LogP contribution in [-0.4, -0.2) is 76.0 Å². The van der Waals surface area contributed by atoms with Gasteiger partial charge in [0.25, 0.3) is 0 Å². The van der Waals surface area contributed by atoms with Crippen molar-refractivity contribution in [2.75, 3.05) is 32.8 Å². The van der Waals surface area contributed by atoms with E-state index in [4.69, 9.17) is 9.72 Å². The van der Waals surface area contributed by atoms with E-state index in [1.807, 2.05) is 4.90 Å². The average Bonchev–Trinajstić information content (AvgIpc) is 3.20. The number of alkyl halides is 2. The molecule has 3 aliphatic rings. The Morgan fingerprint density at radius 3 is 2.59 bits per heavy atom. The number of carbonyl (C=O) groups is 2. The second-order valence-corrected chi connectivity index (χ2v) is 10.3. The molecule has 198 valence electrons. The molecule has 11 heteroatoms. The first-order chi connectivity index (χ1) is 17.8. The van der Waals surface area contributed by atoms with E-state index >= 15 is 0 Å². The number of amides is 2. The first-order valence-corrected chi connectivity index (χ1v) is 12.7. The van der Waals surface area contributed by atoms with E-state index in [2.05, 4.69) is 26.8 Å². The van der Waals surface area contributed by atoms with Crippen molar-refractivity contribution >= 4 is 11.8 Å². The summed E-state index contributed by atoms with van der Waals surface area (Å²) in [5.74, 6) is -0.105. The summed E-state index contributed by atoms with van der Waals surface area (Å²) in [6, 6.07) is 3.07. The third-order valence-electron chi connectivity index (χ3n) is 7.35. The maximum atomic E-state index is 13.5. The minimum Gasteiger partial charge on any atom is -0.401 e. The Kier molecular flexibility index (Phi) is 7.32. The number of halogens is 2. The summed E-state index contributed by atoms with van der Waals surface area (Å²) in [6.45, 7) is 1.02. The number of fused-ring (bicyclic) bond motifs is 1. The van der Waals surface area contributed by atoms with E-state index in [1.54, 1.807) is 4.90 Å². The molecular formula is C26H31F2N5O4. The van der Waals surface area contributed by atoms with Crippen LogP contribution in [-0.2, 0) is 28.8 Å². The molecule has 2 fully saturated rings. The maximum Gasteiger partial charge on any atom is 0.389 e. The maximum absolute atomic E-state index is 13.5. The molecule has 9 nitrogen and oxygen atoms in total. The molecule has 2 amide bonds. The Bertz CT molecular complexity index is 1140. The molecule has 1 aliphatic carbocycles. The fraction of sp³-hybridized carbons (Fsp3) is 0.577. The van der Waals surface area contributed by atoms with Gasteiger partial charge in [-0.3, -0.25) is 9.78 Å². The molecule has 0 unspecified atom stereocenters. The second kappa shape index (κ2) is 10.6. The Balaban J connectivity index is 1.28. The monoisotopic (exact) mass is 515 g/mol. The Morgan fingerprint density at radius 1 is 1.16 bits per heavy atom. The average molecular weight is 516 g/mol. The summed E-state index contributed by atoms with van der Waals surface area (Å²) in [5, 5.41) is 0. The van der Waals surface area contributed by atoms with Gasteiger partial charge in [0.2, 0.25) is 0 Å². The molecule has 2 aromatic rings. The zero-order chi connectivity index (χ0) is 26.0. The van der Waals surface area contributed by atoms with Crippen LogP contribution in [0.15, 0.2) is 24.5 Å². The normalized spacial score (nSPS) is 19.5. The van der Waals surface area contributed by atoms with E-state index < -0.39 is 18.7 Å². The van der Waals surface area contributed by atoms with Gasteiger partial charge in [-0.2, -0.15) is 8.78 Å². The zero-order valence-electron chi connectivity index (χ0n) is 20.9. The number of aryl methyl sites for hydroxylation is 2. The fourth-order valence-electron chi connectivity index (χ4n) is 5.51. The van der Waals surface area contributed by atoms with Gasteiger partial charge in [-0.05, 0) is 44.2 Å². The standard InChI is InChI=1S/C26H31F2N5O4/c1-17(34)10-22(19-12-29-24(30-13-19)37-23(27)28)33-9-8-32(25(33)35)14-26(15-36-16-26)11-20-7-6-18-4-2-3-5-21(18)31-20/h6-7,12-13,22-23H,2-5,8-11,14-16H2,1H3/t22-/m0/s1. The Hall–Kier alpha value is -3.21. The largest absolute Gasteiger partial charge is 0.401 e. The lowest BCUT2D eigenvalue weighted by Gasteiger charge is -2.43. The minimum atomic E-state index is -3.04.